The first kappa shape index (κ1) is 18.4. The van der Waals surface area contributed by atoms with Crippen molar-refractivity contribution in [2.75, 3.05) is 14.1 Å². The van der Waals surface area contributed by atoms with Crippen LogP contribution in [0.2, 0.25) is 0 Å². The predicted octanol–water partition coefficient (Wildman–Crippen LogP) is 3.98. The highest BCUT2D eigenvalue weighted by Crippen LogP contribution is 2.21. The number of nitrogens with zero attached hydrogens (tertiary/aromatic N) is 2. The fraction of sp³-hybridized carbons (Fsp3) is 0.190. The largest absolute Gasteiger partial charge is 0.457 e. The minimum atomic E-state index is -0.324. The highest BCUT2D eigenvalue weighted by Gasteiger charge is 2.18. The number of ether oxygens (including phenoxy) is 1. The molecule has 6 heteroatoms. The molecular formula is C21H20N2O4. The zero-order valence-electron chi connectivity index (χ0n) is 15.2. The quantitative estimate of drug-likeness (QED) is 0.593. The molecule has 1 aromatic heterocycles. The fourth-order valence-corrected chi connectivity index (χ4v) is 2.44. The van der Waals surface area contributed by atoms with Crippen molar-refractivity contribution < 1.29 is 18.7 Å². The monoisotopic (exact) mass is 364 g/mol. The minimum Gasteiger partial charge on any atom is -0.457 e. The highest BCUT2D eigenvalue weighted by atomic mass is 16.5. The fourth-order valence-electron chi connectivity index (χ4n) is 2.44. The van der Waals surface area contributed by atoms with Crippen molar-refractivity contribution in [3.05, 3.63) is 78.0 Å². The summed E-state index contributed by atoms with van der Waals surface area (Å²) in [5.41, 5.74) is 1.000. The van der Waals surface area contributed by atoms with E-state index in [1.54, 1.807) is 14.1 Å². The number of para-hydroxylation sites is 1. The molecule has 0 fully saturated rings. The van der Waals surface area contributed by atoms with E-state index >= 15 is 0 Å². The smallest absolute Gasteiger partial charge is 0.290 e. The Morgan fingerprint density at radius 1 is 1.00 bits per heavy atom. The number of ketones is 1. The van der Waals surface area contributed by atoms with Crippen LogP contribution in [0.25, 0.3) is 0 Å². The van der Waals surface area contributed by atoms with Crippen molar-refractivity contribution in [3.63, 3.8) is 0 Å². The van der Waals surface area contributed by atoms with Gasteiger partial charge >= 0.3 is 0 Å². The molecule has 27 heavy (non-hydrogen) atoms. The third-order valence-corrected chi connectivity index (χ3v) is 3.90. The summed E-state index contributed by atoms with van der Waals surface area (Å²) in [5, 5.41) is 0. The average molecular weight is 364 g/mol. The van der Waals surface area contributed by atoms with E-state index in [1.165, 1.54) is 11.1 Å². The van der Waals surface area contributed by atoms with Crippen LogP contribution in [0.3, 0.4) is 0 Å². The molecule has 0 spiro atoms. The number of Topliss-reactive ketones (excluding diaryl/α,β-unsaturated/α-hetero) is 1. The van der Waals surface area contributed by atoms with Crippen LogP contribution in [0.5, 0.6) is 11.5 Å². The van der Waals surface area contributed by atoms with Gasteiger partial charge in [0.1, 0.15) is 11.5 Å². The number of amides is 1. The van der Waals surface area contributed by atoms with Gasteiger partial charge in [0, 0.05) is 20.5 Å². The molecule has 0 N–H and O–H groups in total. The van der Waals surface area contributed by atoms with Crippen molar-refractivity contribution in [1.29, 1.82) is 0 Å². The first-order valence-electron chi connectivity index (χ1n) is 8.55. The number of hydrogen-bond donors (Lipinski definition) is 0. The zero-order chi connectivity index (χ0) is 19.2. The summed E-state index contributed by atoms with van der Waals surface area (Å²) in [4.78, 5) is 29.3. The molecule has 0 saturated heterocycles. The molecule has 1 heterocycles. The van der Waals surface area contributed by atoms with Crippen molar-refractivity contribution in [3.8, 4) is 11.5 Å². The molecule has 3 aromatic rings. The maximum atomic E-state index is 12.2. The number of carbonyl (C=O) groups excluding carboxylic acids is 2. The van der Waals surface area contributed by atoms with Gasteiger partial charge in [0.15, 0.2) is 0 Å². The molecule has 3 rings (SSSR count). The van der Waals surface area contributed by atoms with Gasteiger partial charge in [-0.15, -0.1) is 0 Å². The zero-order valence-corrected chi connectivity index (χ0v) is 15.2. The standard InChI is InChI=1S/C21H20N2O4/c1-23(2)21(25)19-14-22-20(27-19)18(24)13-10-15-8-11-17(12-9-15)26-16-6-4-3-5-7-16/h3-9,11-12,14H,10,13H2,1-2H3. The van der Waals surface area contributed by atoms with Crippen molar-refractivity contribution in [1.82, 2.24) is 9.88 Å². The number of oxazole rings is 1. The Labute approximate surface area is 157 Å². The Bertz CT molecular complexity index is 915. The Kier molecular flexibility index (Phi) is 5.66. The minimum absolute atomic E-state index is 0.0377. The van der Waals surface area contributed by atoms with Crippen LogP contribution in [0.15, 0.2) is 65.2 Å². The highest BCUT2D eigenvalue weighted by molar-refractivity contribution is 5.94. The summed E-state index contributed by atoms with van der Waals surface area (Å²) in [5.74, 6) is 0.964. The molecule has 0 radical (unpaired) electrons. The first-order chi connectivity index (χ1) is 13.0. The summed E-state index contributed by atoms with van der Waals surface area (Å²) < 4.78 is 11.0. The Hall–Kier alpha value is -3.41. The lowest BCUT2D eigenvalue weighted by Gasteiger charge is -2.06. The van der Waals surface area contributed by atoms with E-state index in [4.69, 9.17) is 9.15 Å². The van der Waals surface area contributed by atoms with Gasteiger partial charge in [-0.1, -0.05) is 30.3 Å². The summed E-state index contributed by atoms with van der Waals surface area (Å²) in [6.07, 6.45) is 2.07. The topological polar surface area (TPSA) is 72.6 Å². The van der Waals surface area contributed by atoms with Crippen molar-refractivity contribution in [2.45, 2.75) is 12.8 Å². The lowest BCUT2D eigenvalue weighted by Crippen LogP contribution is -2.21. The van der Waals surface area contributed by atoms with E-state index < -0.39 is 0 Å². The number of carbonyl (C=O) groups is 2. The van der Waals surface area contributed by atoms with Gasteiger partial charge in [-0.05, 0) is 36.2 Å². The molecule has 0 aliphatic heterocycles. The number of benzene rings is 2. The van der Waals surface area contributed by atoms with Crippen LogP contribution in [-0.4, -0.2) is 35.7 Å². The van der Waals surface area contributed by atoms with Crippen LogP contribution in [0.1, 0.15) is 33.2 Å². The van der Waals surface area contributed by atoms with Gasteiger partial charge < -0.3 is 14.1 Å². The molecule has 138 valence electrons. The van der Waals surface area contributed by atoms with Crippen LogP contribution in [0, 0.1) is 0 Å². The van der Waals surface area contributed by atoms with Crippen molar-refractivity contribution >= 4 is 11.7 Å². The van der Waals surface area contributed by atoms with Crippen LogP contribution in [0.4, 0.5) is 0 Å². The predicted molar refractivity (Wildman–Crippen MR) is 100 cm³/mol. The molecule has 0 unspecified atom stereocenters. The second kappa shape index (κ2) is 8.31. The normalized spacial score (nSPS) is 10.4. The third-order valence-electron chi connectivity index (χ3n) is 3.90. The molecule has 0 bridgehead atoms. The van der Waals surface area contributed by atoms with Crippen LogP contribution >= 0.6 is 0 Å². The van der Waals surface area contributed by atoms with Crippen LogP contribution in [-0.2, 0) is 6.42 Å². The number of aryl methyl sites for hydroxylation is 1. The summed E-state index contributed by atoms with van der Waals surface area (Å²) in [6.45, 7) is 0. The van der Waals surface area contributed by atoms with E-state index in [1.807, 2.05) is 54.6 Å². The number of aromatic nitrogens is 1. The summed E-state index contributed by atoms with van der Waals surface area (Å²) in [7, 11) is 3.22. The van der Waals surface area contributed by atoms with Crippen molar-refractivity contribution in [2.24, 2.45) is 0 Å². The average Bonchev–Trinajstić information content (AvgIpc) is 3.17. The molecule has 2 aromatic carbocycles. The molecule has 0 aliphatic carbocycles. The molecule has 6 nitrogen and oxygen atoms in total. The first-order valence-corrected chi connectivity index (χ1v) is 8.55. The second-order valence-electron chi connectivity index (χ2n) is 6.21. The van der Waals surface area contributed by atoms with E-state index in [0.29, 0.717) is 6.42 Å². The lowest BCUT2D eigenvalue weighted by atomic mass is 10.1. The van der Waals surface area contributed by atoms with Gasteiger partial charge in [-0.2, -0.15) is 0 Å². The Balaban J connectivity index is 1.55. The lowest BCUT2D eigenvalue weighted by molar-refractivity contribution is 0.0792. The molecule has 0 aliphatic rings. The van der Waals surface area contributed by atoms with E-state index in [2.05, 4.69) is 4.98 Å². The van der Waals surface area contributed by atoms with Gasteiger partial charge in [0.2, 0.25) is 11.5 Å². The number of rotatable bonds is 7. The van der Waals surface area contributed by atoms with Crippen LogP contribution < -0.4 is 4.74 Å². The van der Waals surface area contributed by atoms with E-state index in [-0.39, 0.29) is 29.8 Å². The molecule has 1 amide bonds. The third kappa shape index (κ3) is 4.82. The Morgan fingerprint density at radius 2 is 1.67 bits per heavy atom. The van der Waals surface area contributed by atoms with E-state index in [0.717, 1.165) is 17.1 Å². The Morgan fingerprint density at radius 3 is 2.33 bits per heavy atom. The van der Waals surface area contributed by atoms with Gasteiger partial charge in [-0.3, -0.25) is 9.59 Å². The van der Waals surface area contributed by atoms with Gasteiger partial charge in [0.25, 0.3) is 11.8 Å². The summed E-state index contributed by atoms with van der Waals surface area (Å²) in [6, 6.07) is 17.1. The molecule has 0 saturated carbocycles. The van der Waals surface area contributed by atoms with E-state index in [9.17, 15) is 9.59 Å². The van der Waals surface area contributed by atoms with Gasteiger partial charge in [-0.25, -0.2) is 4.98 Å². The second-order valence-corrected chi connectivity index (χ2v) is 6.21. The maximum Gasteiger partial charge on any atom is 0.290 e. The SMILES string of the molecule is CN(C)C(=O)c1cnc(C(=O)CCc2ccc(Oc3ccccc3)cc2)o1. The maximum absolute atomic E-state index is 12.2. The molecule has 0 atom stereocenters. The molecular weight excluding hydrogens is 344 g/mol. The summed E-state index contributed by atoms with van der Waals surface area (Å²) >= 11 is 0. The number of hydrogen-bond acceptors (Lipinski definition) is 5. The van der Waals surface area contributed by atoms with Gasteiger partial charge in [0.05, 0.1) is 6.20 Å².